The van der Waals surface area contributed by atoms with Gasteiger partial charge < -0.3 is 15.2 Å². The molecule has 0 amide bonds. The molecule has 21 heavy (non-hydrogen) atoms. The molecule has 0 aliphatic carbocycles. The lowest BCUT2D eigenvalue weighted by atomic mass is 10.0. The number of benzene rings is 1. The molecule has 0 unspecified atom stereocenters. The Morgan fingerprint density at radius 2 is 2.00 bits per heavy atom. The Balaban J connectivity index is 1.35. The zero-order chi connectivity index (χ0) is 14.3. The smallest absolute Gasteiger partial charge is 0.0922 e. The lowest BCUT2D eigenvalue weighted by Gasteiger charge is -2.32. The molecule has 2 heterocycles. The second-order valence-corrected chi connectivity index (χ2v) is 5.81. The van der Waals surface area contributed by atoms with E-state index in [1.165, 1.54) is 43.7 Å². The molecular weight excluding hydrogens is 260 g/mol. The lowest BCUT2D eigenvalue weighted by molar-refractivity contribution is 0.199. The quantitative estimate of drug-likeness (QED) is 0.855. The summed E-state index contributed by atoms with van der Waals surface area (Å²) >= 11 is 0. The molecule has 1 aromatic heterocycles. The van der Waals surface area contributed by atoms with Gasteiger partial charge in [0.15, 0.2) is 0 Å². The number of aromatic nitrogens is 2. The SMILES string of the molecule is c1ccc(CCN2CCC(NCc3cnc[nH]3)CC2)cc1. The van der Waals surface area contributed by atoms with E-state index in [0.717, 1.165) is 13.0 Å². The number of hydrogen-bond donors (Lipinski definition) is 2. The maximum absolute atomic E-state index is 4.05. The largest absolute Gasteiger partial charge is 0.347 e. The van der Waals surface area contributed by atoms with Crippen molar-refractivity contribution in [2.24, 2.45) is 0 Å². The average Bonchev–Trinajstić information content (AvgIpc) is 3.06. The van der Waals surface area contributed by atoms with Crippen LogP contribution in [0.4, 0.5) is 0 Å². The van der Waals surface area contributed by atoms with Crippen LogP contribution in [-0.2, 0) is 13.0 Å². The molecule has 3 rings (SSSR count). The maximum atomic E-state index is 4.05. The van der Waals surface area contributed by atoms with Crippen LogP contribution >= 0.6 is 0 Å². The molecule has 0 bridgehead atoms. The van der Waals surface area contributed by atoms with Crippen LogP contribution in [0.5, 0.6) is 0 Å². The summed E-state index contributed by atoms with van der Waals surface area (Å²) in [7, 11) is 0. The Hall–Kier alpha value is -1.65. The number of imidazole rings is 1. The average molecular weight is 284 g/mol. The fourth-order valence-electron chi connectivity index (χ4n) is 2.93. The highest BCUT2D eigenvalue weighted by Gasteiger charge is 2.18. The fourth-order valence-corrected chi connectivity index (χ4v) is 2.93. The summed E-state index contributed by atoms with van der Waals surface area (Å²) in [6.07, 6.45) is 7.27. The normalized spacial score (nSPS) is 17.1. The van der Waals surface area contributed by atoms with E-state index >= 15 is 0 Å². The minimum atomic E-state index is 0.640. The van der Waals surface area contributed by atoms with Gasteiger partial charge in [-0.05, 0) is 37.9 Å². The third-order valence-electron chi connectivity index (χ3n) is 4.28. The molecule has 0 saturated carbocycles. The molecule has 1 aromatic carbocycles. The Morgan fingerprint density at radius 1 is 1.19 bits per heavy atom. The highest BCUT2D eigenvalue weighted by Crippen LogP contribution is 2.12. The number of H-pyrrole nitrogens is 1. The van der Waals surface area contributed by atoms with Crippen LogP contribution in [0.1, 0.15) is 24.1 Å². The minimum Gasteiger partial charge on any atom is -0.347 e. The number of aromatic amines is 1. The van der Waals surface area contributed by atoms with E-state index in [2.05, 4.69) is 50.5 Å². The van der Waals surface area contributed by atoms with Gasteiger partial charge in [0.2, 0.25) is 0 Å². The molecule has 4 nitrogen and oxygen atoms in total. The first-order chi connectivity index (χ1) is 10.4. The van der Waals surface area contributed by atoms with E-state index in [9.17, 15) is 0 Å². The van der Waals surface area contributed by atoms with Crippen LogP contribution in [0.15, 0.2) is 42.9 Å². The molecule has 1 aliphatic heterocycles. The second-order valence-electron chi connectivity index (χ2n) is 5.81. The summed E-state index contributed by atoms with van der Waals surface area (Å²) in [5, 5.41) is 3.62. The van der Waals surface area contributed by atoms with Crippen molar-refractivity contribution in [3.05, 3.63) is 54.1 Å². The van der Waals surface area contributed by atoms with Gasteiger partial charge in [-0.1, -0.05) is 30.3 Å². The number of hydrogen-bond acceptors (Lipinski definition) is 3. The van der Waals surface area contributed by atoms with Gasteiger partial charge in [-0.25, -0.2) is 4.98 Å². The Bertz CT molecular complexity index is 501. The van der Waals surface area contributed by atoms with Gasteiger partial charge in [-0.3, -0.25) is 0 Å². The van der Waals surface area contributed by atoms with E-state index in [1.807, 2.05) is 6.20 Å². The van der Waals surface area contributed by atoms with Crippen LogP contribution in [0.3, 0.4) is 0 Å². The second kappa shape index (κ2) is 7.38. The standard InChI is InChI=1S/C17H24N4/c1-2-4-15(5-3-1)6-9-21-10-7-16(8-11-21)19-13-17-12-18-14-20-17/h1-5,12,14,16,19H,6-11,13H2,(H,18,20). The van der Waals surface area contributed by atoms with Crippen LogP contribution in [0.2, 0.25) is 0 Å². The summed E-state index contributed by atoms with van der Waals surface area (Å²) in [4.78, 5) is 9.77. The summed E-state index contributed by atoms with van der Waals surface area (Å²) < 4.78 is 0. The monoisotopic (exact) mass is 284 g/mol. The van der Waals surface area contributed by atoms with Gasteiger partial charge in [-0.2, -0.15) is 0 Å². The molecule has 1 saturated heterocycles. The lowest BCUT2D eigenvalue weighted by Crippen LogP contribution is -2.42. The topological polar surface area (TPSA) is 44.0 Å². The zero-order valence-corrected chi connectivity index (χ0v) is 12.5. The molecular formula is C17H24N4. The summed E-state index contributed by atoms with van der Waals surface area (Å²) in [5.41, 5.74) is 2.61. The predicted octanol–water partition coefficient (Wildman–Crippen LogP) is 2.21. The van der Waals surface area contributed by atoms with E-state index < -0.39 is 0 Å². The summed E-state index contributed by atoms with van der Waals surface area (Å²) in [6.45, 7) is 4.48. The Labute approximate surface area is 126 Å². The predicted molar refractivity (Wildman–Crippen MR) is 85.0 cm³/mol. The van der Waals surface area contributed by atoms with Gasteiger partial charge >= 0.3 is 0 Å². The Kier molecular flexibility index (Phi) is 5.03. The van der Waals surface area contributed by atoms with Crippen LogP contribution in [0.25, 0.3) is 0 Å². The van der Waals surface area contributed by atoms with Gasteiger partial charge in [0.25, 0.3) is 0 Å². The third kappa shape index (κ3) is 4.41. The van der Waals surface area contributed by atoms with Crippen LogP contribution < -0.4 is 5.32 Å². The molecule has 4 heteroatoms. The van der Waals surface area contributed by atoms with Crippen molar-refractivity contribution < 1.29 is 0 Å². The van der Waals surface area contributed by atoms with Crippen molar-refractivity contribution in [3.63, 3.8) is 0 Å². The maximum Gasteiger partial charge on any atom is 0.0922 e. The molecule has 0 spiro atoms. The summed E-state index contributed by atoms with van der Waals surface area (Å²) in [6, 6.07) is 11.4. The van der Waals surface area contributed by atoms with Gasteiger partial charge in [0, 0.05) is 31.0 Å². The van der Waals surface area contributed by atoms with E-state index in [-0.39, 0.29) is 0 Å². The molecule has 1 aliphatic rings. The number of likely N-dealkylation sites (tertiary alicyclic amines) is 1. The van der Waals surface area contributed by atoms with Crippen molar-refractivity contribution in [2.75, 3.05) is 19.6 Å². The first kappa shape index (κ1) is 14.3. The van der Waals surface area contributed by atoms with Crippen LogP contribution in [-0.4, -0.2) is 40.5 Å². The van der Waals surface area contributed by atoms with Crippen molar-refractivity contribution in [2.45, 2.75) is 31.8 Å². The molecule has 112 valence electrons. The summed E-state index contributed by atoms with van der Waals surface area (Å²) in [5.74, 6) is 0. The van der Waals surface area contributed by atoms with Gasteiger partial charge in [-0.15, -0.1) is 0 Å². The number of nitrogens with zero attached hydrogens (tertiary/aromatic N) is 2. The highest BCUT2D eigenvalue weighted by molar-refractivity contribution is 5.14. The van der Waals surface area contributed by atoms with E-state index in [0.29, 0.717) is 6.04 Å². The highest BCUT2D eigenvalue weighted by atomic mass is 15.1. The van der Waals surface area contributed by atoms with Crippen molar-refractivity contribution in [1.29, 1.82) is 0 Å². The molecule has 2 N–H and O–H groups in total. The number of nitrogens with one attached hydrogen (secondary N) is 2. The van der Waals surface area contributed by atoms with Crippen molar-refractivity contribution in [1.82, 2.24) is 20.2 Å². The number of rotatable bonds is 6. The first-order valence-corrected chi connectivity index (χ1v) is 7.87. The molecule has 0 radical (unpaired) electrons. The molecule has 1 fully saturated rings. The third-order valence-corrected chi connectivity index (χ3v) is 4.28. The number of piperidine rings is 1. The molecule has 2 aromatic rings. The van der Waals surface area contributed by atoms with Gasteiger partial charge in [0.05, 0.1) is 6.33 Å². The van der Waals surface area contributed by atoms with Gasteiger partial charge in [0.1, 0.15) is 0 Å². The van der Waals surface area contributed by atoms with Crippen molar-refractivity contribution >= 4 is 0 Å². The van der Waals surface area contributed by atoms with E-state index in [4.69, 9.17) is 0 Å². The van der Waals surface area contributed by atoms with E-state index in [1.54, 1.807) is 6.33 Å². The van der Waals surface area contributed by atoms with Crippen molar-refractivity contribution in [3.8, 4) is 0 Å². The first-order valence-electron chi connectivity index (χ1n) is 7.87. The Morgan fingerprint density at radius 3 is 2.71 bits per heavy atom. The molecule has 0 atom stereocenters. The fraction of sp³-hybridized carbons (Fsp3) is 0.471. The minimum absolute atomic E-state index is 0.640. The zero-order valence-electron chi connectivity index (χ0n) is 12.5. The van der Waals surface area contributed by atoms with Crippen LogP contribution in [0, 0.1) is 0 Å².